The molecule has 2 amide bonds. The number of halogens is 1. The molecule has 2 rings (SSSR count). The highest BCUT2D eigenvalue weighted by Gasteiger charge is 2.11. The molecule has 0 aliphatic heterocycles. The fraction of sp³-hybridized carbons (Fsp3) is 0.250. The third kappa shape index (κ3) is 6.31. The van der Waals surface area contributed by atoms with Crippen LogP contribution in [0.2, 0.25) is 0 Å². The lowest BCUT2D eigenvalue weighted by atomic mass is 10.2. The summed E-state index contributed by atoms with van der Waals surface area (Å²) in [4.78, 5) is 24.5. The molecule has 6 nitrogen and oxygen atoms in total. The third-order valence-corrected chi connectivity index (χ3v) is 4.66. The molecule has 0 atom stereocenters. The quantitative estimate of drug-likeness (QED) is 0.425. The fourth-order valence-electron chi connectivity index (χ4n) is 2.36. The van der Waals surface area contributed by atoms with E-state index in [9.17, 15) is 9.59 Å². The van der Waals surface area contributed by atoms with E-state index in [1.165, 1.54) is 0 Å². The number of methoxy groups -OCH3 is 1. The van der Waals surface area contributed by atoms with Crippen molar-refractivity contribution in [3.05, 3.63) is 58.1 Å². The number of thiocarbonyl (C=S) groups is 1. The molecule has 0 saturated heterocycles. The van der Waals surface area contributed by atoms with Crippen LogP contribution in [-0.2, 0) is 0 Å². The smallest absolute Gasteiger partial charge is 0.257 e. The zero-order chi connectivity index (χ0) is 20.5. The summed E-state index contributed by atoms with van der Waals surface area (Å²) in [7, 11) is 1.55. The van der Waals surface area contributed by atoms with Gasteiger partial charge in [0.25, 0.3) is 11.8 Å². The number of nitrogens with one attached hydrogen (secondary N) is 3. The highest BCUT2D eigenvalue weighted by atomic mass is 79.9. The topological polar surface area (TPSA) is 79.5 Å². The van der Waals surface area contributed by atoms with Gasteiger partial charge in [0.15, 0.2) is 5.11 Å². The minimum atomic E-state index is -0.352. The number of carbonyl (C=O) groups excluding carboxylic acids is 2. The Bertz CT molecular complexity index is 874. The zero-order valence-corrected chi connectivity index (χ0v) is 18.1. The maximum absolute atomic E-state index is 12.4. The standard InChI is InChI=1S/C20H22BrN3O3S/c1-3-4-10-22-18(25)13-6-5-7-15(11-13)23-20(28)24-19(26)14-8-9-17(27-2)16(21)12-14/h5-9,11-12H,3-4,10H2,1-2H3,(H,22,25)(H2,23,24,26,28). The van der Waals surface area contributed by atoms with Gasteiger partial charge in [0.05, 0.1) is 11.6 Å². The van der Waals surface area contributed by atoms with Crippen LogP contribution in [0.1, 0.15) is 40.5 Å². The molecule has 0 aromatic heterocycles. The van der Waals surface area contributed by atoms with E-state index in [2.05, 4.69) is 38.8 Å². The number of unbranched alkanes of at least 4 members (excludes halogenated alkanes) is 1. The number of rotatable bonds is 7. The van der Waals surface area contributed by atoms with E-state index in [4.69, 9.17) is 17.0 Å². The summed E-state index contributed by atoms with van der Waals surface area (Å²) < 4.78 is 5.82. The Kier molecular flexibility index (Phi) is 8.41. The van der Waals surface area contributed by atoms with E-state index >= 15 is 0 Å². The van der Waals surface area contributed by atoms with Crippen LogP contribution in [0.3, 0.4) is 0 Å². The van der Waals surface area contributed by atoms with E-state index in [1.54, 1.807) is 49.6 Å². The molecule has 0 radical (unpaired) electrons. The SMILES string of the molecule is CCCCNC(=O)c1cccc(NC(=S)NC(=O)c2ccc(OC)c(Br)c2)c1. The van der Waals surface area contributed by atoms with Crippen LogP contribution >= 0.6 is 28.1 Å². The Morgan fingerprint density at radius 3 is 2.54 bits per heavy atom. The van der Waals surface area contributed by atoms with Gasteiger partial charge >= 0.3 is 0 Å². The molecule has 0 bridgehead atoms. The van der Waals surface area contributed by atoms with Gasteiger partial charge in [-0.25, -0.2) is 0 Å². The van der Waals surface area contributed by atoms with Crippen molar-refractivity contribution in [2.45, 2.75) is 19.8 Å². The molecule has 28 heavy (non-hydrogen) atoms. The lowest BCUT2D eigenvalue weighted by Gasteiger charge is -2.11. The number of hydrogen-bond donors (Lipinski definition) is 3. The molecule has 2 aromatic rings. The maximum atomic E-state index is 12.4. The molecule has 148 valence electrons. The first-order chi connectivity index (χ1) is 13.4. The molecule has 0 heterocycles. The second kappa shape index (κ2) is 10.8. The van der Waals surface area contributed by atoms with Crippen LogP contribution in [-0.4, -0.2) is 30.6 Å². The number of carbonyl (C=O) groups is 2. The van der Waals surface area contributed by atoms with Crippen molar-refractivity contribution in [1.82, 2.24) is 10.6 Å². The van der Waals surface area contributed by atoms with Gasteiger partial charge in [-0.15, -0.1) is 0 Å². The second-order valence-electron chi connectivity index (χ2n) is 5.95. The molecular formula is C20H22BrN3O3S. The van der Waals surface area contributed by atoms with Crippen molar-refractivity contribution in [3.63, 3.8) is 0 Å². The van der Waals surface area contributed by atoms with Crippen LogP contribution in [0.15, 0.2) is 46.9 Å². The summed E-state index contributed by atoms with van der Waals surface area (Å²) in [6.07, 6.45) is 1.95. The molecule has 0 fully saturated rings. The molecule has 0 aliphatic rings. The lowest BCUT2D eigenvalue weighted by Crippen LogP contribution is -2.34. The second-order valence-corrected chi connectivity index (χ2v) is 7.21. The summed E-state index contributed by atoms with van der Waals surface area (Å²) in [5.41, 5.74) is 1.57. The molecular weight excluding hydrogens is 442 g/mol. The summed E-state index contributed by atoms with van der Waals surface area (Å²) >= 11 is 8.56. The molecule has 0 spiro atoms. The Balaban J connectivity index is 1.97. The highest BCUT2D eigenvalue weighted by molar-refractivity contribution is 9.10. The van der Waals surface area contributed by atoms with Gasteiger partial charge in [-0.1, -0.05) is 19.4 Å². The van der Waals surface area contributed by atoms with Crippen LogP contribution in [0.5, 0.6) is 5.75 Å². The normalized spacial score (nSPS) is 10.1. The van der Waals surface area contributed by atoms with Gasteiger partial charge in [0, 0.05) is 23.4 Å². The molecule has 2 aromatic carbocycles. The predicted molar refractivity (Wildman–Crippen MR) is 118 cm³/mol. The number of amides is 2. The van der Waals surface area contributed by atoms with Crippen molar-refractivity contribution in [2.24, 2.45) is 0 Å². The Labute approximate surface area is 178 Å². The number of hydrogen-bond acceptors (Lipinski definition) is 4. The van der Waals surface area contributed by atoms with Gasteiger partial charge in [-0.2, -0.15) is 0 Å². The van der Waals surface area contributed by atoms with Crippen molar-refractivity contribution in [1.29, 1.82) is 0 Å². The van der Waals surface area contributed by atoms with Crippen molar-refractivity contribution >= 4 is 50.8 Å². The zero-order valence-electron chi connectivity index (χ0n) is 15.7. The first-order valence-electron chi connectivity index (χ1n) is 8.78. The van der Waals surface area contributed by atoms with Crippen LogP contribution < -0.4 is 20.7 Å². The molecule has 0 unspecified atom stereocenters. The van der Waals surface area contributed by atoms with Crippen molar-refractivity contribution in [2.75, 3.05) is 19.0 Å². The van der Waals surface area contributed by atoms with E-state index in [-0.39, 0.29) is 16.9 Å². The summed E-state index contributed by atoms with van der Waals surface area (Å²) in [6.45, 7) is 2.70. The maximum Gasteiger partial charge on any atom is 0.257 e. The molecule has 8 heteroatoms. The van der Waals surface area contributed by atoms with E-state index in [1.807, 2.05) is 0 Å². The Morgan fingerprint density at radius 2 is 1.86 bits per heavy atom. The minimum absolute atomic E-state index is 0.139. The van der Waals surface area contributed by atoms with Gasteiger partial charge in [0.2, 0.25) is 0 Å². The third-order valence-electron chi connectivity index (χ3n) is 3.84. The number of benzene rings is 2. The molecule has 0 aliphatic carbocycles. The monoisotopic (exact) mass is 463 g/mol. The lowest BCUT2D eigenvalue weighted by molar-refractivity contribution is 0.0950. The average molecular weight is 464 g/mol. The summed E-state index contributed by atoms with van der Waals surface area (Å²) in [5, 5.41) is 8.55. The molecule has 0 saturated carbocycles. The summed E-state index contributed by atoms with van der Waals surface area (Å²) in [5.74, 6) is 0.135. The van der Waals surface area contributed by atoms with E-state index in [0.717, 1.165) is 12.8 Å². The van der Waals surface area contributed by atoms with Gasteiger partial charge in [0.1, 0.15) is 5.75 Å². The van der Waals surface area contributed by atoms with Gasteiger partial charge < -0.3 is 15.4 Å². The van der Waals surface area contributed by atoms with Crippen molar-refractivity contribution in [3.8, 4) is 5.75 Å². The average Bonchev–Trinajstić information content (AvgIpc) is 2.68. The molecule has 3 N–H and O–H groups in total. The highest BCUT2D eigenvalue weighted by Crippen LogP contribution is 2.25. The number of anilines is 1. The van der Waals surface area contributed by atoms with E-state index in [0.29, 0.717) is 33.6 Å². The van der Waals surface area contributed by atoms with Crippen LogP contribution in [0.25, 0.3) is 0 Å². The van der Waals surface area contributed by atoms with Crippen molar-refractivity contribution < 1.29 is 14.3 Å². The number of ether oxygens (including phenoxy) is 1. The predicted octanol–water partition coefficient (Wildman–Crippen LogP) is 4.11. The van der Waals surface area contributed by atoms with E-state index < -0.39 is 0 Å². The van der Waals surface area contributed by atoms with Gasteiger partial charge in [-0.05, 0) is 71.0 Å². The largest absolute Gasteiger partial charge is 0.496 e. The van der Waals surface area contributed by atoms with Gasteiger partial charge in [-0.3, -0.25) is 14.9 Å². The Hall–Kier alpha value is -2.45. The first kappa shape index (κ1) is 21.8. The van der Waals surface area contributed by atoms with Crippen LogP contribution in [0.4, 0.5) is 5.69 Å². The minimum Gasteiger partial charge on any atom is -0.496 e. The first-order valence-corrected chi connectivity index (χ1v) is 9.99. The summed E-state index contributed by atoms with van der Waals surface area (Å²) in [6, 6.07) is 11.9. The fourth-order valence-corrected chi connectivity index (χ4v) is 3.12. The van der Waals surface area contributed by atoms with Crippen LogP contribution in [0, 0.1) is 0 Å². The Morgan fingerprint density at radius 1 is 1.11 bits per heavy atom.